The van der Waals surface area contributed by atoms with Crippen LogP contribution in [0, 0.1) is 0 Å². The van der Waals surface area contributed by atoms with E-state index in [0.29, 0.717) is 22.6 Å². The van der Waals surface area contributed by atoms with Gasteiger partial charge in [0.25, 0.3) is 11.8 Å². The maximum absolute atomic E-state index is 12.9. The van der Waals surface area contributed by atoms with Crippen LogP contribution < -0.4 is 20.7 Å². The summed E-state index contributed by atoms with van der Waals surface area (Å²) in [7, 11) is 0. The minimum atomic E-state index is -0.374. The van der Waals surface area contributed by atoms with Gasteiger partial charge in [0.1, 0.15) is 5.75 Å². The predicted molar refractivity (Wildman–Crippen MR) is 135 cm³/mol. The van der Waals surface area contributed by atoms with Crippen LogP contribution in [0.3, 0.4) is 0 Å². The van der Waals surface area contributed by atoms with Crippen LogP contribution in [0.25, 0.3) is 0 Å². The maximum atomic E-state index is 12.9. The molecular formula is C26H27N3O3S. The first-order valence-electron chi connectivity index (χ1n) is 10.7. The van der Waals surface area contributed by atoms with Gasteiger partial charge in [-0.05, 0) is 68.9 Å². The highest BCUT2D eigenvalue weighted by Gasteiger charge is 2.16. The average Bonchev–Trinajstić information content (AvgIpc) is 2.79. The molecule has 0 aliphatic heterocycles. The first-order chi connectivity index (χ1) is 15.8. The normalized spacial score (nSPS) is 11.4. The van der Waals surface area contributed by atoms with Crippen molar-refractivity contribution < 1.29 is 14.3 Å². The third-order valence-electron chi connectivity index (χ3n) is 4.76. The smallest absolute Gasteiger partial charge is 0.257 e. The van der Waals surface area contributed by atoms with E-state index >= 15 is 0 Å². The molecule has 0 radical (unpaired) electrons. The molecule has 170 valence electrons. The van der Waals surface area contributed by atoms with E-state index in [9.17, 15) is 9.59 Å². The van der Waals surface area contributed by atoms with Crippen LogP contribution in [-0.4, -0.2) is 23.0 Å². The number of hydrogen-bond acceptors (Lipinski definition) is 4. The highest BCUT2D eigenvalue weighted by molar-refractivity contribution is 7.80. The lowest BCUT2D eigenvalue weighted by Crippen LogP contribution is -2.35. The zero-order valence-electron chi connectivity index (χ0n) is 18.8. The molecule has 0 aliphatic carbocycles. The van der Waals surface area contributed by atoms with Crippen molar-refractivity contribution in [2.24, 2.45) is 0 Å². The quantitative estimate of drug-likeness (QED) is 0.427. The topological polar surface area (TPSA) is 79.5 Å². The van der Waals surface area contributed by atoms with Gasteiger partial charge in [0.2, 0.25) is 0 Å². The molecule has 2 amide bonds. The molecule has 33 heavy (non-hydrogen) atoms. The van der Waals surface area contributed by atoms with Crippen molar-refractivity contribution in [3.8, 4) is 5.75 Å². The summed E-state index contributed by atoms with van der Waals surface area (Å²) in [5, 5.41) is 8.69. The third-order valence-corrected chi connectivity index (χ3v) is 4.97. The number of carbonyl (C=O) groups is 2. The zero-order valence-corrected chi connectivity index (χ0v) is 19.6. The van der Waals surface area contributed by atoms with Gasteiger partial charge in [0.15, 0.2) is 5.11 Å². The van der Waals surface area contributed by atoms with Crippen molar-refractivity contribution in [3.63, 3.8) is 0 Å². The number of hydrogen-bond donors (Lipinski definition) is 3. The fourth-order valence-corrected chi connectivity index (χ4v) is 3.40. The Hall–Kier alpha value is -3.71. The van der Waals surface area contributed by atoms with Gasteiger partial charge in [0, 0.05) is 5.56 Å². The molecule has 3 aromatic rings. The number of anilines is 1. The second-order valence-electron chi connectivity index (χ2n) is 7.75. The molecule has 0 spiro atoms. The molecule has 1 unspecified atom stereocenters. The summed E-state index contributed by atoms with van der Waals surface area (Å²) in [5.74, 6) is -0.0190. The fourth-order valence-electron chi connectivity index (χ4n) is 3.20. The first kappa shape index (κ1) is 23.9. The molecule has 0 heterocycles. The Morgan fingerprint density at radius 2 is 1.55 bits per heavy atom. The molecule has 7 heteroatoms. The van der Waals surface area contributed by atoms with Crippen LogP contribution >= 0.6 is 12.2 Å². The predicted octanol–water partition coefficient (Wildman–Crippen LogP) is 5.09. The summed E-state index contributed by atoms with van der Waals surface area (Å²) in [6, 6.07) is 23.4. The highest BCUT2D eigenvalue weighted by Crippen LogP contribution is 2.18. The summed E-state index contributed by atoms with van der Waals surface area (Å²) < 4.78 is 5.64. The van der Waals surface area contributed by atoms with Gasteiger partial charge in [-0.3, -0.25) is 14.9 Å². The number of thiocarbonyl (C=S) groups is 1. The molecule has 3 rings (SSSR count). The Balaban J connectivity index is 1.66. The van der Waals surface area contributed by atoms with Crippen LogP contribution in [0.4, 0.5) is 5.69 Å². The van der Waals surface area contributed by atoms with Crippen LogP contribution in [0.1, 0.15) is 53.1 Å². The SMILES string of the molecule is CC(C)Oc1cccc(C(=O)NC(=S)Nc2ccccc2C(=O)NC(C)c2ccccc2)c1. The molecule has 0 aliphatic rings. The van der Waals surface area contributed by atoms with Gasteiger partial charge in [-0.1, -0.05) is 48.5 Å². The van der Waals surface area contributed by atoms with Gasteiger partial charge in [-0.25, -0.2) is 0 Å². The van der Waals surface area contributed by atoms with Gasteiger partial charge < -0.3 is 15.4 Å². The van der Waals surface area contributed by atoms with Crippen molar-refractivity contribution in [3.05, 3.63) is 95.6 Å². The van der Waals surface area contributed by atoms with Gasteiger partial charge in [0.05, 0.1) is 23.4 Å². The number of amides is 2. The second kappa shape index (κ2) is 11.2. The highest BCUT2D eigenvalue weighted by atomic mass is 32.1. The van der Waals surface area contributed by atoms with Crippen molar-refractivity contribution in [1.82, 2.24) is 10.6 Å². The Labute approximate surface area is 199 Å². The van der Waals surface area contributed by atoms with Crippen LogP contribution in [0.5, 0.6) is 5.75 Å². The molecular weight excluding hydrogens is 434 g/mol. The fraction of sp³-hybridized carbons (Fsp3) is 0.192. The molecule has 0 saturated heterocycles. The minimum Gasteiger partial charge on any atom is -0.491 e. The molecule has 0 bridgehead atoms. The Kier molecular flexibility index (Phi) is 8.16. The van der Waals surface area contributed by atoms with E-state index in [1.807, 2.05) is 51.1 Å². The van der Waals surface area contributed by atoms with E-state index in [1.54, 1.807) is 48.5 Å². The average molecular weight is 462 g/mol. The van der Waals surface area contributed by atoms with E-state index < -0.39 is 0 Å². The summed E-state index contributed by atoms with van der Waals surface area (Å²) in [6.07, 6.45) is -0.00156. The molecule has 3 N–H and O–H groups in total. The van der Waals surface area contributed by atoms with Crippen molar-refractivity contribution in [2.75, 3.05) is 5.32 Å². The van der Waals surface area contributed by atoms with E-state index in [-0.39, 0.29) is 29.1 Å². The molecule has 0 saturated carbocycles. The van der Waals surface area contributed by atoms with Gasteiger partial charge in [-0.2, -0.15) is 0 Å². The number of nitrogens with one attached hydrogen (secondary N) is 3. The molecule has 0 fully saturated rings. The van der Waals surface area contributed by atoms with E-state index in [1.165, 1.54) is 0 Å². The lowest BCUT2D eigenvalue weighted by Gasteiger charge is -2.17. The third kappa shape index (κ3) is 6.89. The lowest BCUT2D eigenvalue weighted by atomic mass is 10.1. The minimum absolute atomic E-state index is 0.00156. The monoisotopic (exact) mass is 461 g/mol. The van der Waals surface area contributed by atoms with E-state index in [0.717, 1.165) is 5.56 Å². The van der Waals surface area contributed by atoms with Crippen molar-refractivity contribution >= 4 is 34.8 Å². The van der Waals surface area contributed by atoms with Crippen molar-refractivity contribution in [2.45, 2.75) is 32.9 Å². The molecule has 1 atom stereocenters. The Bertz CT molecular complexity index is 1130. The summed E-state index contributed by atoms with van der Waals surface area (Å²) in [6.45, 7) is 5.76. The Morgan fingerprint density at radius 3 is 2.27 bits per heavy atom. The zero-order chi connectivity index (χ0) is 23.8. The van der Waals surface area contributed by atoms with E-state index in [4.69, 9.17) is 17.0 Å². The number of ether oxygens (including phenoxy) is 1. The number of carbonyl (C=O) groups excluding carboxylic acids is 2. The maximum Gasteiger partial charge on any atom is 0.257 e. The van der Waals surface area contributed by atoms with Crippen LogP contribution in [0.2, 0.25) is 0 Å². The number of rotatable bonds is 7. The first-order valence-corrected chi connectivity index (χ1v) is 11.1. The molecule has 6 nitrogen and oxygen atoms in total. The summed E-state index contributed by atoms with van der Waals surface area (Å²) in [4.78, 5) is 25.5. The molecule has 0 aromatic heterocycles. The van der Waals surface area contributed by atoms with Gasteiger partial charge >= 0.3 is 0 Å². The van der Waals surface area contributed by atoms with E-state index in [2.05, 4.69) is 16.0 Å². The van der Waals surface area contributed by atoms with Crippen molar-refractivity contribution in [1.29, 1.82) is 0 Å². The second-order valence-corrected chi connectivity index (χ2v) is 8.16. The lowest BCUT2D eigenvalue weighted by molar-refractivity contribution is 0.0939. The molecule has 3 aromatic carbocycles. The van der Waals surface area contributed by atoms with Gasteiger partial charge in [-0.15, -0.1) is 0 Å². The largest absolute Gasteiger partial charge is 0.491 e. The number of para-hydroxylation sites is 1. The standard InChI is InChI=1S/C26H27N3O3S/c1-17(2)32-21-13-9-12-20(16-21)24(30)29-26(33)28-23-15-8-7-14-22(23)25(31)27-18(3)19-10-5-4-6-11-19/h4-18H,1-3H3,(H,27,31)(H2,28,29,30,33). The Morgan fingerprint density at radius 1 is 0.848 bits per heavy atom. The van der Waals surface area contributed by atoms with Crippen LogP contribution in [-0.2, 0) is 0 Å². The number of benzene rings is 3. The van der Waals surface area contributed by atoms with Crippen LogP contribution in [0.15, 0.2) is 78.9 Å². The summed E-state index contributed by atoms with van der Waals surface area (Å²) >= 11 is 5.32. The summed E-state index contributed by atoms with van der Waals surface area (Å²) in [5.41, 5.74) is 2.34.